The maximum absolute atomic E-state index is 5.69. The number of benzene rings is 2. The molecule has 0 fully saturated rings. The first kappa shape index (κ1) is 14.6. The summed E-state index contributed by atoms with van der Waals surface area (Å²) < 4.78 is 0.378. The molecular formula is C18H16BrN3. The van der Waals surface area contributed by atoms with Crippen LogP contribution in [-0.4, -0.2) is 10.9 Å². The molecule has 0 spiro atoms. The minimum atomic E-state index is -0.200. The summed E-state index contributed by atoms with van der Waals surface area (Å²) in [5.41, 5.74) is 10.2. The van der Waals surface area contributed by atoms with Gasteiger partial charge >= 0.3 is 0 Å². The Kier molecular flexibility index (Phi) is 4.39. The average Bonchev–Trinajstić information content (AvgIpc) is 2.56. The summed E-state index contributed by atoms with van der Waals surface area (Å²) in [5.74, 6) is 0. The van der Waals surface area contributed by atoms with Crippen molar-refractivity contribution < 1.29 is 0 Å². The number of nitrogens with two attached hydrogens (primary N) is 1. The van der Waals surface area contributed by atoms with Crippen LogP contribution in [0, 0.1) is 0 Å². The van der Waals surface area contributed by atoms with E-state index in [1.807, 2.05) is 42.6 Å². The topological polar surface area (TPSA) is 50.4 Å². The monoisotopic (exact) mass is 353 g/mol. The zero-order valence-corrected chi connectivity index (χ0v) is 13.5. The Bertz CT molecular complexity index is 729. The number of aliphatic imine (C=N–C) groups is 1. The van der Waals surface area contributed by atoms with Crippen molar-refractivity contribution in [2.24, 2.45) is 10.7 Å². The zero-order valence-electron chi connectivity index (χ0n) is 11.9. The zero-order chi connectivity index (χ0) is 15.4. The van der Waals surface area contributed by atoms with Crippen molar-refractivity contribution in [2.75, 3.05) is 0 Å². The van der Waals surface area contributed by atoms with Crippen LogP contribution in [0.2, 0.25) is 0 Å². The molecule has 4 heteroatoms. The van der Waals surface area contributed by atoms with E-state index in [2.05, 4.69) is 56.6 Å². The molecule has 1 aliphatic rings. The largest absolute Gasteiger partial charge is 0.378 e. The third-order valence-electron chi connectivity index (χ3n) is 3.47. The van der Waals surface area contributed by atoms with E-state index in [0.717, 1.165) is 22.3 Å². The fourth-order valence-electron chi connectivity index (χ4n) is 2.45. The molecule has 0 radical (unpaired) electrons. The van der Waals surface area contributed by atoms with Crippen LogP contribution >= 0.6 is 15.9 Å². The van der Waals surface area contributed by atoms with E-state index >= 15 is 0 Å². The van der Waals surface area contributed by atoms with Crippen molar-refractivity contribution in [3.05, 3.63) is 84.1 Å². The minimum absolute atomic E-state index is 0.200. The van der Waals surface area contributed by atoms with Crippen LogP contribution in [0.4, 0.5) is 0 Å². The van der Waals surface area contributed by atoms with Crippen LogP contribution in [0.25, 0.3) is 11.1 Å². The predicted molar refractivity (Wildman–Crippen MR) is 96.3 cm³/mol. The fraction of sp³-hybridized carbons (Fsp3) is 0.0556. The summed E-state index contributed by atoms with van der Waals surface area (Å²) >= 11 is 3.21. The summed E-state index contributed by atoms with van der Waals surface area (Å²) in [7, 11) is 0. The number of amidine groups is 1. The van der Waals surface area contributed by atoms with Gasteiger partial charge in [-0.05, 0) is 38.7 Å². The van der Waals surface area contributed by atoms with E-state index in [9.17, 15) is 0 Å². The molecule has 0 amide bonds. The van der Waals surface area contributed by atoms with Crippen molar-refractivity contribution in [2.45, 2.75) is 6.17 Å². The van der Waals surface area contributed by atoms with Crippen molar-refractivity contribution in [3.63, 3.8) is 0 Å². The van der Waals surface area contributed by atoms with E-state index in [0.29, 0.717) is 4.74 Å². The number of allylic oxidation sites excluding steroid dienone is 2. The molecule has 2 aromatic rings. The molecule has 22 heavy (non-hydrogen) atoms. The second-order valence-electron chi connectivity index (χ2n) is 4.95. The molecule has 0 bridgehead atoms. The van der Waals surface area contributed by atoms with Gasteiger partial charge in [0.05, 0.1) is 0 Å². The normalized spacial score (nSPS) is 18.2. The summed E-state index contributed by atoms with van der Waals surface area (Å²) in [6, 6.07) is 20.5. The van der Waals surface area contributed by atoms with Gasteiger partial charge in [0.2, 0.25) is 0 Å². The van der Waals surface area contributed by atoms with Crippen LogP contribution in [0.3, 0.4) is 0 Å². The van der Waals surface area contributed by atoms with Gasteiger partial charge in [0, 0.05) is 11.8 Å². The van der Waals surface area contributed by atoms with Gasteiger partial charge in [0.1, 0.15) is 6.17 Å². The van der Waals surface area contributed by atoms with Gasteiger partial charge in [0.25, 0.3) is 0 Å². The lowest BCUT2D eigenvalue weighted by atomic mass is 9.95. The van der Waals surface area contributed by atoms with E-state index in [1.165, 1.54) is 0 Å². The molecule has 3 N–H and O–H groups in total. The Morgan fingerprint density at radius 3 is 2.14 bits per heavy atom. The van der Waals surface area contributed by atoms with Gasteiger partial charge < -0.3 is 11.1 Å². The molecule has 0 saturated heterocycles. The molecule has 1 heterocycles. The maximum Gasteiger partial charge on any atom is 0.165 e. The van der Waals surface area contributed by atoms with Gasteiger partial charge in [-0.2, -0.15) is 0 Å². The molecule has 1 aliphatic heterocycles. The van der Waals surface area contributed by atoms with Gasteiger partial charge in [0.15, 0.2) is 4.74 Å². The summed E-state index contributed by atoms with van der Waals surface area (Å²) in [6.07, 6.45) is 3.94. The van der Waals surface area contributed by atoms with E-state index in [4.69, 9.17) is 5.73 Å². The van der Waals surface area contributed by atoms with Crippen LogP contribution in [-0.2, 0) is 0 Å². The van der Waals surface area contributed by atoms with Crippen LogP contribution < -0.4 is 11.1 Å². The third kappa shape index (κ3) is 3.28. The van der Waals surface area contributed by atoms with Gasteiger partial charge in [-0.1, -0.05) is 60.7 Å². The average molecular weight is 354 g/mol. The third-order valence-corrected chi connectivity index (χ3v) is 3.67. The highest BCUT2D eigenvalue weighted by molar-refractivity contribution is 9.18. The van der Waals surface area contributed by atoms with E-state index < -0.39 is 0 Å². The Morgan fingerprint density at radius 2 is 1.55 bits per heavy atom. The number of dihydropyridines is 1. The molecule has 0 aromatic heterocycles. The summed E-state index contributed by atoms with van der Waals surface area (Å²) in [6.45, 7) is 0. The van der Waals surface area contributed by atoms with Gasteiger partial charge in [-0.25, -0.2) is 4.99 Å². The number of nitrogens with one attached hydrogen (secondary N) is 1. The Labute approximate surface area is 138 Å². The van der Waals surface area contributed by atoms with Gasteiger partial charge in [-0.3, -0.25) is 0 Å². The Balaban J connectivity index is 2.03. The molecule has 1 unspecified atom stereocenters. The molecule has 110 valence electrons. The highest BCUT2D eigenvalue weighted by Gasteiger charge is 2.19. The lowest BCUT2D eigenvalue weighted by molar-refractivity contribution is 0.751. The first-order valence-corrected chi connectivity index (χ1v) is 7.81. The molecule has 2 aromatic carbocycles. The summed E-state index contributed by atoms with van der Waals surface area (Å²) in [4.78, 5) is 4.41. The van der Waals surface area contributed by atoms with Gasteiger partial charge in [-0.15, -0.1) is 0 Å². The van der Waals surface area contributed by atoms with E-state index in [-0.39, 0.29) is 6.17 Å². The number of hydrogen-bond acceptors (Lipinski definition) is 2. The summed E-state index contributed by atoms with van der Waals surface area (Å²) in [5, 5.41) is 3.32. The van der Waals surface area contributed by atoms with E-state index in [1.54, 1.807) is 0 Å². The van der Waals surface area contributed by atoms with Crippen molar-refractivity contribution in [1.29, 1.82) is 0 Å². The highest BCUT2D eigenvalue weighted by Crippen LogP contribution is 2.28. The quantitative estimate of drug-likeness (QED) is 0.501. The molecule has 3 nitrogen and oxygen atoms in total. The lowest BCUT2D eigenvalue weighted by Gasteiger charge is -2.23. The molecule has 3 rings (SSSR count). The van der Waals surface area contributed by atoms with Crippen molar-refractivity contribution in [1.82, 2.24) is 5.32 Å². The highest BCUT2D eigenvalue weighted by atomic mass is 79.9. The second-order valence-corrected chi connectivity index (χ2v) is 5.76. The second kappa shape index (κ2) is 6.62. The maximum atomic E-state index is 5.69. The standard InChI is InChI=1S/C18H16BrN3/c19-18(20)22-17-16(14-9-5-2-6-10-14)11-15(12-21-17)13-7-3-1-4-8-13/h1-12,17,21H,(H2,20,22). The molecular weight excluding hydrogens is 338 g/mol. The number of hydrogen-bond donors (Lipinski definition) is 2. The predicted octanol–water partition coefficient (Wildman–Crippen LogP) is 3.75. The molecule has 1 atom stereocenters. The first-order chi connectivity index (χ1) is 10.7. The van der Waals surface area contributed by atoms with Crippen molar-refractivity contribution >= 4 is 31.8 Å². The number of rotatable bonds is 3. The van der Waals surface area contributed by atoms with Crippen LogP contribution in [0.5, 0.6) is 0 Å². The molecule has 0 saturated carbocycles. The Hall–Kier alpha value is -2.33. The molecule has 0 aliphatic carbocycles. The number of halogens is 1. The van der Waals surface area contributed by atoms with Crippen LogP contribution in [0.15, 0.2) is 77.9 Å². The SMILES string of the molecule is NC(Br)=NC1NC=C(c2ccccc2)C=C1c1ccccc1. The first-order valence-electron chi connectivity index (χ1n) is 7.01. The minimum Gasteiger partial charge on any atom is -0.378 e. The van der Waals surface area contributed by atoms with Crippen LogP contribution in [0.1, 0.15) is 11.1 Å². The Morgan fingerprint density at radius 1 is 0.955 bits per heavy atom. The fourth-order valence-corrected chi connectivity index (χ4v) is 2.65. The van der Waals surface area contributed by atoms with Crippen molar-refractivity contribution in [3.8, 4) is 0 Å². The smallest absolute Gasteiger partial charge is 0.165 e. The lowest BCUT2D eigenvalue weighted by Crippen LogP contribution is -2.28. The number of nitrogens with zero attached hydrogens (tertiary/aromatic N) is 1.